The van der Waals surface area contributed by atoms with Gasteiger partial charge in [-0.3, -0.25) is 9.59 Å². The quantitative estimate of drug-likeness (QED) is 0.652. The molecule has 0 heterocycles. The van der Waals surface area contributed by atoms with E-state index in [0.717, 1.165) is 25.1 Å². The predicted molar refractivity (Wildman–Crippen MR) is 84.4 cm³/mol. The molecule has 2 aromatic rings. The molecule has 0 spiro atoms. The third-order valence-corrected chi connectivity index (χ3v) is 3.48. The van der Waals surface area contributed by atoms with Gasteiger partial charge in [0.05, 0.1) is 10.7 Å². The summed E-state index contributed by atoms with van der Waals surface area (Å²) in [7, 11) is 0. The first-order valence-electron chi connectivity index (χ1n) is 6.87. The molecule has 0 atom stereocenters. The SMILES string of the molecule is CC(=O)N(CC(=O)Nc1ccc(F)c(Cl)c1)c1ccc(F)c(F)c1F. The molecule has 2 amide bonds. The van der Waals surface area contributed by atoms with E-state index in [1.807, 2.05) is 0 Å². The van der Waals surface area contributed by atoms with Crippen LogP contribution in [0, 0.1) is 23.3 Å². The number of nitrogens with one attached hydrogen (secondary N) is 1. The summed E-state index contributed by atoms with van der Waals surface area (Å²) in [6, 6.07) is 4.88. The van der Waals surface area contributed by atoms with Crippen LogP contribution < -0.4 is 10.2 Å². The second-order valence-electron chi connectivity index (χ2n) is 4.98. The summed E-state index contributed by atoms with van der Waals surface area (Å²) in [4.78, 5) is 24.3. The molecule has 0 aliphatic carbocycles. The molecule has 0 fully saturated rings. The maximum absolute atomic E-state index is 13.8. The van der Waals surface area contributed by atoms with Gasteiger partial charge in [-0.15, -0.1) is 0 Å². The Kier molecular flexibility index (Phi) is 5.63. The number of carbonyl (C=O) groups excluding carboxylic acids is 2. The normalized spacial score (nSPS) is 10.5. The highest BCUT2D eigenvalue weighted by molar-refractivity contribution is 6.31. The van der Waals surface area contributed by atoms with Crippen molar-refractivity contribution in [2.75, 3.05) is 16.8 Å². The molecule has 4 nitrogen and oxygen atoms in total. The van der Waals surface area contributed by atoms with E-state index < -0.39 is 47.3 Å². The van der Waals surface area contributed by atoms with Gasteiger partial charge in [-0.1, -0.05) is 11.6 Å². The molecule has 0 aliphatic rings. The zero-order chi connectivity index (χ0) is 18.7. The minimum absolute atomic E-state index is 0.144. The van der Waals surface area contributed by atoms with Crippen molar-refractivity contribution in [1.82, 2.24) is 0 Å². The van der Waals surface area contributed by atoms with Gasteiger partial charge in [0.2, 0.25) is 11.8 Å². The zero-order valence-corrected chi connectivity index (χ0v) is 13.5. The van der Waals surface area contributed by atoms with E-state index in [1.54, 1.807) is 0 Å². The molecule has 9 heteroatoms. The second kappa shape index (κ2) is 7.52. The van der Waals surface area contributed by atoms with Gasteiger partial charge < -0.3 is 10.2 Å². The predicted octanol–water partition coefficient (Wildman–Crippen LogP) is 3.89. The van der Waals surface area contributed by atoms with E-state index in [0.29, 0.717) is 11.0 Å². The molecule has 0 saturated carbocycles. The summed E-state index contributed by atoms with van der Waals surface area (Å²) in [5.41, 5.74) is -0.440. The van der Waals surface area contributed by atoms with Crippen LogP contribution in [-0.2, 0) is 9.59 Å². The fourth-order valence-electron chi connectivity index (χ4n) is 2.01. The van der Waals surface area contributed by atoms with Gasteiger partial charge in [-0.2, -0.15) is 0 Å². The summed E-state index contributed by atoms with van der Waals surface area (Å²) in [5.74, 6) is -6.99. The second-order valence-corrected chi connectivity index (χ2v) is 5.38. The largest absolute Gasteiger partial charge is 0.324 e. The Labute approximate surface area is 145 Å². The van der Waals surface area contributed by atoms with Gasteiger partial charge in [-0.05, 0) is 30.3 Å². The molecule has 0 unspecified atom stereocenters. The van der Waals surface area contributed by atoms with Crippen molar-refractivity contribution in [3.8, 4) is 0 Å². The molecule has 1 N–H and O–H groups in total. The number of nitrogens with zero attached hydrogens (tertiary/aromatic N) is 1. The Hall–Kier alpha value is -2.61. The summed E-state index contributed by atoms with van der Waals surface area (Å²) in [5, 5.41) is 2.11. The molecule has 2 rings (SSSR count). The first kappa shape index (κ1) is 18.7. The van der Waals surface area contributed by atoms with Crippen LogP contribution in [-0.4, -0.2) is 18.4 Å². The van der Waals surface area contributed by atoms with Crippen molar-refractivity contribution >= 4 is 34.8 Å². The lowest BCUT2D eigenvalue weighted by molar-refractivity contribution is -0.120. The topological polar surface area (TPSA) is 49.4 Å². The Bertz CT molecular complexity index is 845. The van der Waals surface area contributed by atoms with E-state index in [4.69, 9.17) is 11.6 Å². The van der Waals surface area contributed by atoms with E-state index in [2.05, 4.69) is 5.32 Å². The van der Waals surface area contributed by atoms with Crippen LogP contribution in [0.3, 0.4) is 0 Å². The molecule has 0 aromatic heterocycles. The molecular formula is C16H11ClF4N2O2. The van der Waals surface area contributed by atoms with Gasteiger partial charge in [0.15, 0.2) is 17.5 Å². The highest BCUT2D eigenvalue weighted by Crippen LogP contribution is 2.24. The first-order chi connectivity index (χ1) is 11.7. The average Bonchev–Trinajstić information content (AvgIpc) is 2.54. The highest BCUT2D eigenvalue weighted by atomic mass is 35.5. The Morgan fingerprint density at radius 3 is 2.28 bits per heavy atom. The third-order valence-electron chi connectivity index (χ3n) is 3.19. The average molecular weight is 375 g/mol. The van der Waals surface area contributed by atoms with Crippen LogP contribution in [0.15, 0.2) is 30.3 Å². The molecule has 25 heavy (non-hydrogen) atoms. The van der Waals surface area contributed by atoms with E-state index in [1.165, 1.54) is 6.07 Å². The smallest absolute Gasteiger partial charge is 0.244 e. The number of benzene rings is 2. The number of hydrogen-bond acceptors (Lipinski definition) is 2. The highest BCUT2D eigenvalue weighted by Gasteiger charge is 2.23. The maximum atomic E-state index is 13.8. The Balaban J connectivity index is 2.22. The van der Waals surface area contributed by atoms with Gasteiger partial charge in [0.25, 0.3) is 0 Å². The summed E-state index contributed by atoms with van der Waals surface area (Å²) in [6.45, 7) is 0.356. The number of rotatable bonds is 4. The zero-order valence-electron chi connectivity index (χ0n) is 12.7. The summed E-state index contributed by atoms with van der Waals surface area (Å²) >= 11 is 5.58. The maximum Gasteiger partial charge on any atom is 0.244 e. The first-order valence-corrected chi connectivity index (χ1v) is 7.25. The van der Waals surface area contributed by atoms with E-state index in [-0.39, 0.29) is 10.7 Å². The number of halogens is 5. The van der Waals surface area contributed by atoms with Crippen molar-refractivity contribution in [2.24, 2.45) is 0 Å². The standard InChI is InChI=1S/C16H11ClF4N2O2/c1-8(24)23(13-5-4-12(19)15(20)16(13)21)7-14(25)22-9-2-3-11(18)10(17)6-9/h2-6H,7H2,1H3,(H,22,25). The number of hydrogen-bond donors (Lipinski definition) is 1. The number of anilines is 2. The third kappa shape index (κ3) is 4.27. The van der Waals surface area contributed by atoms with Crippen molar-refractivity contribution < 1.29 is 27.2 Å². The van der Waals surface area contributed by atoms with Crippen LogP contribution in [0.2, 0.25) is 5.02 Å². The van der Waals surface area contributed by atoms with Gasteiger partial charge in [0.1, 0.15) is 12.4 Å². The van der Waals surface area contributed by atoms with E-state index in [9.17, 15) is 27.2 Å². The lowest BCUT2D eigenvalue weighted by Crippen LogP contribution is -2.37. The van der Waals surface area contributed by atoms with Crippen molar-refractivity contribution in [2.45, 2.75) is 6.92 Å². The molecule has 132 valence electrons. The fourth-order valence-corrected chi connectivity index (χ4v) is 2.19. The Morgan fingerprint density at radius 2 is 1.68 bits per heavy atom. The van der Waals surface area contributed by atoms with Gasteiger partial charge in [-0.25, -0.2) is 17.6 Å². The molecule has 0 saturated heterocycles. The molecule has 0 radical (unpaired) electrons. The number of amides is 2. The Morgan fingerprint density at radius 1 is 1.04 bits per heavy atom. The van der Waals surface area contributed by atoms with Crippen molar-refractivity contribution in [3.05, 3.63) is 58.6 Å². The molecular weight excluding hydrogens is 364 g/mol. The summed E-state index contributed by atoms with van der Waals surface area (Å²) in [6.07, 6.45) is 0. The fraction of sp³-hybridized carbons (Fsp3) is 0.125. The monoisotopic (exact) mass is 374 g/mol. The number of carbonyl (C=O) groups is 2. The minimum Gasteiger partial charge on any atom is -0.324 e. The van der Waals surface area contributed by atoms with Crippen LogP contribution in [0.1, 0.15) is 6.92 Å². The van der Waals surface area contributed by atoms with Crippen LogP contribution >= 0.6 is 11.6 Å². The molecule has 0 bridgehead atoms. The lowest BCUT2D eigenvalue weighted by atomic mass is 10.2. The van der Waals surface area contributed by atoms with Crippen molar-refractivity contribution in [3.63, 3.8) is 0 Å². The molecule has 0 aliphatic heterocycles. The van der Waals surface area contributed by atoms with E-state index >= 15 is 0 Å². The minimum atomic E-state index is -1.76. The van der Waals surface area contributed by atoms with Crippen molar-refractivity contribution in [1.29, 1.82) is 0 Å². The molecule has 2 aromatic carbocycles. The van der Waals surface area contributed by atoms with Gasteiger partial charge >= 0.3 is 0 Å². The van der Waals surface area contributed by atoms with Crippen LogP contribution in [0.25, 0.3) is 0 Å². The van der Waals surface area contributed by atoms with Gasteiger partial charge in [0, 0.05) is 12.6 Å². The lowest BCUT2D eigenvalue weighted by Gasteiger charge is -2.21. The van der Waals surface area contributed by atoms with Crippen LogP contribution in [0.4, 0.5) is 28.9 Å². The van der Waals surface area contributed by atoms with Crippen LogP contribution in [0.5, 0.6) is 0 Å². The summed E-state index contributed by atoms with van der Waals surface area (Å²) < 4.78 is 53.3.